The van der Waals surface area contributed by atoms with E-state index < -0.39 is 18.5 Å². The molecule has 2 amide bonds. The number of amides is 2. The molecule has 0 unspecified atom stereocenters. The van der Waals surface area contributed by atoms with Gasteiger partial charge in [-0.2, -0.15) is 0 Å². The van der Waals surface area contributed by atoms with Gasteiger partial charge in [0, 0.05) is 5.69 Å². The average Bonchev–Trinajstić information content (AvgIpc) is 2.81. The molecule has 140 valence electrons. The third-order valence-corrected chi connectivity index (χ3v) is 4.02. The Morgan fingerprint density at radius 3 is 2.67 bits per heavy atom. The van der Waals surface area contributed by atoms with E-state index in [0.29, 0.717) is 17.1 Å². The molecule has 27 heavy (non-hydrogen) atoms. The highest BCUT2D eigenvalue weighted by atomic mass is 16.5. The van der Waals surface area contributed by atoms with Crippen molar-refractivity contribution in [3.05, 3.63) is 54.1 Å². The van der Waals surface area contributed by atoms with Gasteiger partial charge in [-0.3, -0.25) is 19.3 Å². The number of rotatable bonds is 5. The number of nitrogens with one attached hydrogen (secondary N) is 1. The minimum absolute atomic E-state index is 0.163. The third-order valence-electron chi connectivity index (χ3n) is 4.02. The Morgan fingerprint density at radius 1 is 1.15 bits per heavy atom. The highest BCUT2D eigenvalue weighted by Gasteiger charge is 2.25. The molecule has 7 heteroatoms. The molecular formula is C20H20N2O5. The second-order valence-corrected chi connectivity index (χ2v) is 6.12. The van der Waals surface area contributed by atoms with E-state index in [1.165, 1.54) is 4.90 Å². The van der Waals surface area contributed by atoms with Crippen molar-refractivity contribution in [2.75, 3.05) is 30.0 Å². The number of carbonyl (C=O) groups excluding carboxylic acids is 3. The van der Waals surface area contributed by atoms with Crippen molar-refractivity contribution in [1.29, 1.82) is 0 Å². The van der Waals surface area contributed by atoms with Gasteiger partial charge in [0.1, 0.15) is 12.3 Å². The first-order chi connectivity index (χ1) is 13.0. The lowest BCUT2D eigenvalue weighted by Gasteiger charge is -2.20. The van der Waals surface area contributed by atoms with Crippen LogP contribution in [0.15, 0.2) is 48.5 Å². The molecule has 7 nitrogen and oxygen atoms in total. The first-order valence-corrected chi connectivity index (χ1v) is 8.57. The van der Waals surface area contributed by atoms with Gasteiger partial charge in [-0.05, 0) is 31.2 Å². The van der Waals surface area contributed by atoms with Crippen molar-refractivity contribution in [3.63, 3.8) is 0 Å². The molecule has 2 aromatic rings. The molecule has 0 saturated carbocycles. The number of anilines is 2. The molecule has 1 aliphatic heterocycles. The van der Waals surface area contributed by atoms with E-state index >= 15 is 0 Å². The maximum absolute atomic E-state index is 12.3. The number of hydrogen-bond acceptors (Lipinski definition) is 5. The fourth-order valence-electron chi connectivity index (χ4n) is 2.65. The number of hydrogen-bond donors (Lipinski definition) is 1. The number of aryl methyl sites for hydroxylation is 1. The molecule has 3 rings (SSSR count). The van der Waals surface area contributed by atoms with Crippen LogP contribution in [-0.4, -0.2) is 37.5 Å². The molecule has 0 atom stereocenters. The molecule has 0 bridgehead atoms. The molecule has 1 aliphatic rings. The number of carbonyl (C=O) groups is 3. The predicted octanol–water partition coefficient (Wildman–Crippen LogP) is 2.29. The number of esters is 1. The van der Waals surface area contributed by atoms with Crippen LogP contribution >= 0.6 is 0 Å². The summed E-state index contributed by atoms with van der Waals surface area (Å²) in [6.45, 7) is 1.49. The minimum atomic E-state index is -0.667. The Hall–Kier alpha value is -3.35. The largest absolute Gasteiger partial charge is 0.491 e. The third kappa shape index (κ3) is 4.84. The molecule has 0 aliphatic carbocycles. The lowest BCUT2D eigenvalue weighted by atomic mass is 10.2. The SMILES string of the molecule is Cc1ccc(NC(=O)COC(=O)CN2C(=O)CCOc3ccccc32)cc1. The quantitative estimate of drug-likeness (QED) is 0.819. The van der Waals surface area contributed by atoms with Crippen LogP contribution in [0.2, 0.25) is 0 Å². The van der Waals surface area contributed by atoms with Gasteiger partial charge in [-0.1, -0.05) is 29.8 Å². The summed E-state index contributed by atoms with van der Waals surface area (Å²) < 4.78 is 10.5. The van der Waals surface area contributed by atoms with E-state index in [4.69, 9.17) is 9.47 Å². The van der Waals surface area contributed by atoms with E-state index in [0.717, 1.165) is 5.56 Å². The van der Waals surface area contributed by atoms with Crippen LogP contribution in [0.4, 0.5) is 11.4 Å². The zero-order valence-corrected chi connectivity index (χ0v) is 14.9. The van der Waals surface area contributed by atoms with E-state index in [1.54, 1.807) is 36.4 Å². The molecular weight excluding hydrogens is 348 g/mol. The highest BCUT2D eigenvalue weighted by molar-refractivity contribution is 6.00. The molecule has 1 heterocycles. The summed E-state index contributed by atoms with van der Waals surface area (Å²) in [5.74, 6) is -0.813. The Balaban J connectivity index is 1.56. The van der Waals surface area contributed by atoms with Gasteiger partial charge in [-0.15, -0.1) is 0 Å². The van der Waals surface area contributed by atoms with Crippen molar-refractivity contribution in [1.82, 2.24) is 0 Å². The van der Waals surface area contributed by atoms with Gasteiger partial charge < -0.3 is 14.8 Å². The van der Waals surface area contributed by atoms with Crippen molar-refractivity contribution >= 4 is 29.2 Å². The Morgan fingerprint density at radius 2 is 1.89 bits per heavy atom. The van der Waals surface area contributed by atoms with E-state index in [1.807, 2.05) is 19.1 Å². The van der Waals surface area contributed by atoms with Gasteiger partial charge in [0.15, 0.2) is 6.61 Å². The molecule has 0 fully saturated rings. The second-order valence-electron chi connectivity index (χ2n) is 6.12. The van der Waals surface area contributed by atoms with E-state index in [2.05, 4.69) is 5.32 Å². The van der Waals surface area contributed by atoms with Crippen molar-refractivity contribution < 1.29 is 23.9 Å². The summed E-state index contributed by atoms with van der Waals surface area (Å²) in [6.07, 6.45) is 0.163. The van der Waals surface area contributed by atoms with Crippen LogP contribution in [0.3, 0.4) is 0 Å². The lowest BCUT2D eigenvalue weighted by molar-refractivity contribution is -0.146. The van der Waals surface area contributed by atoms with Crippen molar-refractivity contribution in [2.45, 2.75) is 13.3 Å². The number of benzene rings is 2. The standard InChI is InChI=1S/C20H20N2O5/c1-14-6-8-15(9-7-14)21-18(23)13-27-20(25)12-22-16-4-2-3-5-17(16)26-11-10-19(22)24/h2-9H,10-13H2,1H3,(H,21,23). The van der Waals surface area contributed by atoms with Gasteiger partial charge >= 0.3 is 5.97 Å². The lowest BCUT2D eigenvalue weighted by Crippen LogP contribution is -2.36. The van der Waals surface area contributed by atoms with Crippen LogP contribution in [0.25, 0.3) is 0 Å². The summed E-state index contributed by atoms with van der Waals surface area (Å²) in [4.78, 5) is 37.7. The summed E-state index contributed by atoms with van der Waals surface area (Å²) in [5, 5.41) is 2.65. The van der Waals surface area contributed by atoms with Crippen LogP contribution in [0.1, 0.15) is 12.0 Å². The second kappa shape index (κ2) is 8.35. The Kier molecular flexibility index (Phi) is 5.71. The van der Waals surface area contributed by atoms with Gasteiger partial charge in [0.25, 0.3) is 5.91 Å². The summed E-state index contributed by atoms with van der Waals surface area (Å²) in [7, 11) is 0. The number of fused-ring (bicyclic) bond motifs is 1. The van der Waals surface area contributed by atoms with Gasteiger partial charge in [-0.25, -0.2) is 0 Å². The molecule has 0 aromatic heterocycles. The highest BCUT2D eigenvalue weighted by Crippen LogP contribution is 2.30. The Labute approximate surface area is 156 Å². The van der Waals surface area contributed by atoms with E-state index in [9.17, 15) is 14.4 Å². The minimum Gasteiger partial charge on any atom is -0.491 e. The summed E-state index contributed by atoms with van der Waals surface area (Å²) in [6, 6.07) is 14.3. The summed E-state index contributed by atoms with van der Waals surface area (Å²) in [5.41, 5.74) is 2.21. The fraction of sp³-hybridized carbons (Fsp3) is 0.250. The topological polar surface area (TPSA) is 84.9 Å². The van der Waals surface area contributed by atoms with Crippen LogP contribution < -0.4 is 15.0 Å². The fourth-order valence-corrected chi connectivity index (χ4v) is 2.65. The first-order valence-electron chi connectivity index (χ1n) is 8.57. The molecule has 0 radical (unpaired) electrons. The smallest absolute Gasteiger partial charge is 0.326 e. The monoisotopic (exact) mass is 368 g/mol. The number of nitrogens with zero attached hydrogens (tertiary/aromatic N) is 1. The maximum atomic E-state index is 12.3. The van der Waals surface area contributed by atoms with Crippen molar-refractivity contribution in [3.8, 4) is 5.75 Å². The zero-order chi connectivity index (χ0) is 19.2. The zero-order valence-electron chi connectivity index (χ0n) is 14.9. The Bertz CT molecular complexity index is 848. The molecule has 2 aromatic carbocycles. The molecule has 1 N–H and O–H groups in total. The van der Waals surface area contributed by atoms with E-state index in [-0.39, 0.29) is 25.5 Å². The van der Waals surface area contributed by atoms with Gasteiger partial charge in [0.05, 0.1) is 18.7 Å². The molecule has 0 spiro atoms. The first kappa shape index (κ1) is 18.4. The number of para-hydroxylation sites is 2. The number of ether oxygens (including phenoxy) is 2. The average molecular weight is 368 g/mol. The van der Waals surface area contributed by atoms with Gasteiger partial charge in [0.2, 0.25) is 5.91 Å². The molecule has 0 saturated heterocycles. The van der Waals surface area contributed by atoms with Crippen LogP contribution in [0, 0.1) is 6.92 Å². The van der Waals surface area contributed by atoms with Crippen LogP contribution in [0.5, 0.6) is 5.75 Å². The van der Waals surface area contributed by atoms with Crippen LogP contribution in [-0.2, 0) is 19.1 Å². The normalized spacial score (nSPS) is 13.2. The summed E-state index contributed by atoms with van der Waals surface area (Å²) >= 11 is 0. The predicted molar refractivity (Wildman–Crippen MR) is 99.7 cm³/mol. The van der Waals surface area contributed by atoms with Crippen molar-refractivity contribution in [2.24, 2.45) is 0 Å². The maximum Gasteiger partial charge on any atom is 0.326 e.